The van der Waals surface area contributed by atoms with Crippen LogP contribution in [0.3, 0.4) is 0 Å². The third-order valence-electron chi connectivity index (χ3n) is 2.56. The Kier molecular flexibility index (Phi) is 5.60. The van der Waals surface area contributed by atoms with Crippen LogP contribution in [0, 0.1) is 30.1 Å². The van der Waals surface area contributed by atoms with E-state index in [9.17, 15) is 4.79 Å². The molecule has 4 heteroatoms. The molecule has 0 aliphatic rings. The molecular weight excluding hydrogens is 238 g/mol. The molecule has 1 aromatic rings. The summed E-state index contributed by atoms with van der Waals surface area (Å²) in [5.41, 5.74) is 7.67. The van der Waals surface area contributed by atoms with Gasteiger partial charge in [0.05, 0.1) is 19.0 Å². The molecule has 0 aliphatic carbocycles. The van der Waals surface area contributed by atoms with Crippen molar-refractivity contribution < 1.29 is 4.79 Å². The van der Waals surface area contributed by atoms with Crippen LogP contribution < -0.4 is 5.73 Å². The number of rotatable bonds is 3. The van der Waals surface area contributed by atoms with Gasteiger partial charge >= 0.3 is 0 Å². The largest absolute Gasteiger partial charge is 0.341 e. The number of carbonyl (C=O) groups excluding carboxylic acids is 1. The predicted octanol–water partition coefficient (Wildman–Crippen LogP) is 1.29. The molecule has 1 aromatic carbocycles. The van der Waals surface area contributed by atoms with Crippen LogP contribution in [0.5, 0.6) is 0 Å². The molecule has 0 fully saturated rings. The maximum absolute atomic E-state index is 12.2. The van der Waals surface area contributed by atoms with Crippen molar-refractivity contribution >= 4 is 5.91 Å². The number of nitrogens with two attached hydrogens (primary N) is 1. The maximum Gasteiger partial charge on any atom is 0.253 e. The van der Waals surface area contributed by atoms with Crippen molar-refractivity contribution in [1.82, 2.24) is 4.90 Å². The lowest BCUT2D eigenvalue weighted by atomic mass is 10.1. The Bertz CT molecular complexity index is 561. The lowest BCUT2D eigenvalue weighted by Crippen LogP contribution is -2.27. The Labute approximate surface area is 113 Å². The van der Waals surface area contributed by atoms with Crippen LogP contribution in [-0.4, -0.2) is 30.9 Å². The van der Waals surface area contributed by atoms with Crippen LogP contribution in [0.15, 0.2) is 18.2 Å². The minimum absolute atomic E-state index is 0.102. The van der Waals surface area contributed by atoms with Crippen LogP contribution in [0.1, 0.15) is 27.9 Å². The van der Waals surface area contributed by atoms with Crippen molar-refractivity contribution in [1.29, 1.82) is 5.26 Å². The molecule has 0 saturated heterocycles. The van der Waals surface area contributed by atoms with Crippen LogP contribution >= 0.6 is 0 Å². The number of amides is 1. The minimum Gasteiger partial charge on any atom is -0.341 e. The molecule has 2 N–H and O–H groups in total. The van der Waals surface area contributed by atoms with E-state index in [0.717, 1.165) is 11.1 Å². The molecule has 98 valence electrons. The number of hydrogen-bond donors (Lipinski definition) is 1. The first kappa shape index (κ1) is 14.8. The second-order valence-electron chi connectivity index (χ2n) is 4.23. The first-order valence-corrected chi connectivity index (χ1v) is 6.01. The molecule has 1 rings (SSSR count). The highest BCUT2D eigenvalue weighted by atomic mass is 16.2. The fourth-order valence-electron chi connectivity index (χ4n) is 1.67. The molecule has 0 saturated carbocycles. The van der Waals surface area contributed by atoms with Gasteiger partial charge in [0.25, 0.3) is 5.91 Å². The summed E-state index contributed by atoms with van der Waals surface area (Å²) in [6, 6.07) is 7.51. The molecule has 19 heavy (non-hydrogen) atoms. The van der Waals surface area contributed by atoms with E-state index in [-0.39, 0.29) is 5.91 Å². The summed E-state index contributed by atoms with van der Waals surface area (Å²) in [6.07, 6.45) is 0.327. The zero-order valence-electron chi connectivity index (χ0n) is 11.2. The molecule has 0 heterocycles. The smallest absolute Gasteiger partial charge is 0.253 e. The molecular formula is C15H17N3O. The van der Waals surface area contributed by atoms with Crippen LogP contribution in [0.25, 0.3) is 0 Å². The van der Waals surface area contributed by atoms with Gasteiger partial charge in [-0.25, -0.2) is 0 Å². The summed E-state index contributed by atoms with van der Waals surface area (Å²) < 4.78 is 0. The SMILES string of the molecule is Cc1cc(C#CCN)cc(C(=O)N(C)CCC#N)c1. The van der Waals surface area contributed by atoms with E-state index < -0.39 is 0 Å². The molecule has 1 amide bonds. The molecule has 0 bridgehead atoms. The standard InChI is InChI=1S/C15H17N3O/c1-12-9-13(5-3-6-16)11-14(10-12)15(19)18(2)8-4-7-17/h9-11H,4,6,8,16H2,1-2H3. The first-order chi connectivity index (χ1) is 9.08. The van der Waals surface area contributed by atoms with Gasteiger partial charge in [-0.15, -0.1) is 0 Å². The van der Waals surface area contributed by atoms with Crippen molar-refractivity contribution in [3.63, 3.8) is 0 Å². The highest BCUT2D eigenvalue weighted by molar-refractivity contribution is 5.94. The van der Waals surface area contributed by atoms with E-state index in [1.54, 1.807) is 13.1 Å². The molecule has 0 spiro atoms. The third kappa shape index (κ3) is 4.46. The van der Waals surface area contributed by atoms with Crippen LogP contribution in [0.2, 0.25) is 0 Å². The second-order valence-corrected chi connectivity index (χ2v) is 4.23. The number of nitrogens with zero attached hydrogens (tertiary/aromatic N) is 2. The monoisotopic (exact) mass is 255 g/mol. The number of nitriles is 1. The van der Waals surface area contributed by atoms with Gasteiger partial charge in [-0.05, 0) is 30.7 Å². The highest BCUT2D eigenvalue weighted by Gasteiger charge is 2.12. The summed E-state index contributed by atoms with van der Waals surface area (Å²) in [6.45, 7) is 2.63. The normalized spacial score (nSPS) is 9.16. The zero-order chi connectivity index (χ0) is 14.3. The molecule has 0 aliphatic heterocycles. The van der Waals surface area contributed by atoms with Gasteiger partial charge in [0, 0.05) is 24.7 Å². The third-order valence-corrected chi connectivity index (χ3v) is 2.56. The van der Waals surface area contributed by atoms with Crippen molar-refractivity contribution in [2.24, 2.45) is 5.73 Å². The van der Waals surface area contributed by atoms with E-state index >= 15 is 0 Å². The predicted molar refractivity (Wildman–Crippen MR) is 74.3 cm³/mol. The lowest BCUT2D eigenvalue weighted by Gasteiger charge is -2.16. The molecule has 0 radical (unpaired) electrons. The average molecular weight is 255 g/mol. The Balaban J connectivity index is 2.97. The molecule has 0 aromatic heterocycles. The summed E-state index contributed by atoms with van der Waals surface area (Å²) in [5, 5.41) is 8.53. The van der Waals surface area contributed by atoms with E-state index in [2.05, 4.69) is 11.8 Å². The Morgan fingerprint density at radius 2 is 2.16 bits per heavy atom. The van der Waals surface area contributed by atoms with Crippen molar-refractivity contribution in [2.45, 2.75) is 13.3 Å². The Hall–Kier alpha value is -2.30. The van der Waals surface area contributed by atoms with Crippen LogP contribution in [0.4, 0.5) is 0 Å². The van der Waals surface area contributed by atoms with Gasteiger partial charge in [0.2, 0.25) is 0 Å². The topological polar surface area (TPSA) is 70.1 Å². The van der Waals surface area contributed by atoms with Crippen LogP contribution in [-0.2, 0) is 0 Å². The zero-order valence-corrected chi connectivity index (χ0v) is 11.2. The number of carbonyl (C=O) groups is 1. The first-order valence-electron chi connectivity index (χ1n) is 6.01. The average Bonchev–Trinajstić information content (AvgIpc) is 2.41. The Morgan fingerprint density at radius 1 is 1.42 bits per heavy atom. The fraction of sp³-hybridized carbons (Fsp3) is 0.333. The second kappa shape index (κ2) is 7.20. The van der Waals surface area contributed by atoms with Crippen molar-refractivity contribution in [3.05, 3.63) is 34.9 Å². The summed E-state index contributed by atoms with van der Waals surface area (Å²) in [5.74, 6) is 5.59. The molecule has 4 nitrogen and oxygen atoms in total. The quantitative estimate of drug-likeness (QED) is 0.827. The van der Waals surface area contributed by atoms with Crippen molar-refractivity contribution in [2.75, 3.05) is 20.1 Å². The van der Waals surface area contributed by atoms with Gasteiger partial charge in [-0.2, -0.15) is 5.26 Å². The van der Waals surface area contributed by atoms with Crippen molar-refractivity contribution in [3.8, 4) is 17.9 Å². The van der Waals surface area contributed by atoms with E-state index in [0.29, 0.717) is 25.1 Å². The van der Waals surface area contributed by atoms with E-state index in [1.165, 1.54) is 4.90 Å². The maximum atomic E-state index is 12.2. The molecule has 0 unspecified atom stereocenters. The summed E-state index contributed by atoms with van der Waals surface area (Å²) in [4.78, 5) is 13.7. The highest BCUT2D eigenvalue weighted by Crippen LogP contribution is 2.11. The molecule has 0 atom stereocenters. The van der Waals surface area contributed by atoms with Gasteiger partial charge in [-0.1, -0.05) is 11.8 Å². The minimum atomic E-state index is -0.102. The Morgan fingerprint density at radius 3 is 2.79 bits per heavy atom. The number of hydrogen-bond acceptors (Lipinski definition) is 3. The van der Waals surface area contributed by atoms with Gasteiger partial charge in [-0.3, -0.25) is 4.79 Å². The van der Waals surface area contributed by atoms with Gasteiger partial charge < -0.3 is 10.6 Å². The van der Waals surface area contributed by atoms with E-state index in [4.69, 9.17) is 11.0 Å². The van der Waals surface area contributed by atoms with Gasteiger partial charge in [0.15, 0.2) is 0 Å². The summed E-state index contributed by atoms with van der Waals surface area (Å²) in [7, 11) is 1.69. The lowest BCUT2D eigenvalue weighted by molar-refractivity contribution is 0.0798. The van der Waals surface area contributed by atoms with Gasteiger partial charge in [0.1, 0.15) is 0 Å². The number of aryl methyl sites for hydroxylation is 1. The summed E-state index contributed by atoms with van der Waals surface area (Å²) >= 11 is 0. The van der Waals surface area contributed by atoms with E-state index in [1.807, 2.05) is 25.1 Å². The fourth-order valence-corrected chi connectivity index (χ4v) is 1.67. The number of benzene rings is 1.